The lowest BCUT2D eigenvalue weighted by molar-refractivity contribution is -0.137. The van der Waals surface area contributed by atoms with Gasteiger partial charge in [0.15, 0.2) is 0 Å². The van der Waals surface area contributed by atoms with E-state index in [1.54, 1.807) is 30.9 Å². The molecule has 2 aromatic rings. The van der Waals surface area contributed by atoms with E-state index in [1.165, 1.54) is 10.4 Å². The molecule has 1 aliphatic heterocycles. The molecule has 0 radical (unpaired) electrons. The number of anilines is 1. The highest BCUT2D eigenvalue weighted by Crippen LogP contribution is 2.37. The summed E-state index contributed by atoms with van der Waals surface area (Å²) in [4.78, 5) is 5.98. The van der Waals surface area contributed by atoms with Gasteiger partial charge < -0.3 is 4.90 Å². The number of pyridine rings is 1. The third-order valence-corrected chi connectivity index (χ3v) is 8.14. The fraction of sp³-hybridized carbons (Fsp3) is 0.381. The zero-order chi connectivity index (χ0) is 22.6. The number of alkyl halides is 3. The Labute approximate surface area is 184 Å². The molecule has 5 nitrogen and oxygen atoms in total. The van der Waals surface area contributed by atoms with Crippen LogP contribution in [0.1, 0.15) is 30.5 Å². The largest absolute Gasteiger partial charge is 0.419 e. The molecule has 1 aromatic carbocycles. The third kappa shape index (κ3) is 3.94. The highest BCUT2D eigenvalue weighted by atomic mass is 35.5. The number of fused-ring (bicyclic) bond motifs is 1. The highest BCUT2D eigenvalue weighted by Gasteiger charge is 2.40. The Balaban J connectivity index is 1.61. The Morgan fingerprint density at radius 3 is 2.45 bits per heavy atom. The van der Waals surface area contributed by atoms with Crippen molar-refractivity contribution >= 4 is 33.5 Å². The number of aromatic nitrogens is 1. The van der Waals surface area contributed by atoms with Gasteiger partial charge >= 0.3 is 6.18 Å². The lowest BCUT2D eigenvalue weighted by Gasteiger charge is -2.44. The quantitative estimate of drug-likeness (QED) is 0.656. The van der Waals surface area contributed by atoms with Gasteiger partial charge in [-0.25, -0.2) is 13.4 Å². The second-order valence-electron chi connectivity index (χ2n) is 7.89. The predicted molar refractivity (Wildman–Crippen MR) is 114 cm³/mol. The minimum Gasteiger partial charge on any atom is -0.353 e. The van der Waals surface area contributed by atoms with Crippen LogP contribution in [0, 0.1) is 0 Å². The van der Waals surface area contributed by atoms with E-state index in [2.05, 4.69) is 4.98 Å². The van der Waals surface area contributed by atoms with Gasteiger partial charge in [-0.05, 0) is 43.5 Å². The molecule has 10 heteroatoms. The Kier molecular flexibility index (Phi) is 5.56. The number of hydrogen-bond donors (Lipinski definition) is 0. The van der Waals surface area contributed by atoms with Crippen LogP contribution in [-0.4, -0.2) is 42.9 Å². The van der Waals surface area contributed by atoms with Crippen LogP contribution in [0.5, 0.6) is 0 Å². The molecule has 1 saturated heterocycles. The molecule has 2 aliphatic rings. The van der Waals surface area contributed by atoms with Crippen LogP contribution < -0.4 is 4.90 Å². The van der Waals surface area contributed by atoms with Crippen molar-refractivity contribution in [3.63, 3.8) is 0 Å². The summed E-state index contributed by atoms with van der Waals surface area (Å²) in [6.45, 7) is 4.13. The number of allylic oxidation sites excluding steroid dienone is 1. The molecule has 31 heavy (non-hydrogen) atoms. The van der Waals surface area contributed by atoms with E-state index in [1.807, 2.05) is 18.2 Å². The molecule has 2 heterocycles. The maximum atomic E-state index is 13.5. The number of rotatable bonds is 3. The van der Waals surface area contributed by atoms with E-state index < -0.39 is 38.9 Å². The van der Waals surface area contributed by atoms with Crippen molar-refractivity contribution in [3.8, 4) is 0 Å². The minimum atomic E-state index is -4.58. The molecular weight excluding hydrogens is 451 g/mol. The van der Waals surface area contributed by atoms with Crippen LogP contribution in [0.25, 0.3) is 6.08 Å². The topological polar surface area (TPSA) is 53.5 Å². The first kappa shape index (κ1) is 22.1. The van der Waals surface area contributed by atoms with Gasteiger partial charge in [0, 0.05) is 31.4 Å². The number of sulfonamides is 1. The van der Waals surface area contributed by atoms with E-state index >= 15 is 0 Å². The zero-order valence-corrected chi connectivity index (χ0v) is 18.5. The number of hydrogen-bond acceptors (Lipinski definition) is 4. The van der Waals surface area contributed by atoms with Crippen LogP contribution in [0.2, 0.25) is 5.02 Å². The standard InChI is InChI=1S/C21H21ClF3N3O2S/c1-13-11-27(20-9-18(22)17(10-26-20)21(23,24)25)12-14(2)28(13)31(29,30)19-8-4-6-15-5-3-7-16(15)19/h3-4,6-10,13-14H,5,11-12H2,1-2H3/t13-,14+. The van der Waals surface area contributed by atoms with Crippen LogP contribution in [-0.2, 0) is 22.6 Å². The van der Waals surface area contributed by atoms with E-state index in [0.717, 1.165) is 17.3 Å². The number of halogens is 4. The van der Waals surface area contributed by atoms with Crippen LogP contribution >= 0.6 is 11.6 Å². The summed E-state index contributed by atoms with van der Waals surface area (Å²) in [7, 11) is -3.77. The van der Waals surface area contributed by atoms with Gasteiger partial charge in [-0.3, -0.25) is 0 Å². The monoisotopic (exact) mass is 471 g/mol. The first-order valence-corrected chi connectivity index (χ1v) is 11.6. The van der Waals surface area contributed by atoms with Gasteiger partial charge in [-0.2, -0.15) is 17.5 Å². The maximum absolute atomic E-state index is 13.5. The molecule has 4 rings (SSSR count). The smallest absolute Gasteiger partial charge is 0.353 e. The van der Waals surface area contributed by atoms with Crippen LogP contribution in [0.15, 0.2) is 41.4 Å². The molecule has 0 unspecified atom stereocenters. The van der Waals surface area contributed by atoms with Gasteiger partial charge in [0.2, 0.25) is 10.0 Å². The van der Waals surface area contributed by atoms with E-state index in [-0.39, 0.29) is 23.8 Å². The summed E-state index contributed by atoms with van der Waals surface area (Å²) in [5.74, 6) is 0.289. The second-order valence-corrected chi connectivity index (χ2v) is 10.1. The normalized spacial score (nSPS) is 22.1. The highest BCUT2D eigenvalue weighted by molar-refractivity contribution is 7.89. The van der Waals surface area contributed by atoms with Gasteiger partial charge in [0.05, 0.1) is 15.5 Å². The molecule has 1 aliphatic carbocycles. The second kappa shape index (κ2) is 7.79. The first-order valence-electron chi connectivity index (χ1n) is 9.80. The van der Waals surface area contributed by atoms with E-state index in [4.69, 9.17) is 11.6 Å². The Hall–Kier alpha value is -2.10. The molecule has 0 bridgehead atoms. The molecule has 0 spiro atoms. The Morgan fingerprint density at radius 2 is 1.84 bits per heavy atom. The van der Waals surface area contributed by atoms with Gasteiger partial charge in [-0.15, -0.1) is 0 Å². The average Bonchev–Trinajstić information content (AvgIpc) is 3.14. The summed E-state index contributed by atoms with van der Waals surface area (Å²) in [6, 6.07) is 5.63. The molecule has 166 valence electrons. The molecular formula is C21H21ClF3N3O2S. The third-order valence-electron chi connectivity index (χ3n) is 5.64. The number of benzene rings is 1. The van der Waals surface area contributed by atoms with E-state index in [9.17, 15) is 21.6 Å². The fourth-order valence-corrected chi connectivity index (χ4v) is 6.66. The van der Waals surface area contributed by atoms with Crippen LogP contribution in [0.3, 0.4) is 0 Å². The first-order chi connectivity index (χ1) is 14.5. The molecule has 1 aromatic heterocycles. The van der Waals surface area contributed by atoms with Crippen LogP contribution in [0.4, 0.5) is 19.0 Å². The zero-order valence-electron chi connectivity index (χ0n) is 16.9. The average molecular weight is 472 g/mol. The molecule has 1 fully saturated rings. The molecule has 0 amide bonds. The molecule has 0 saturated carbocycles. The fourth-order valence-electron chi connectivity index (χ4n) is 4.37. The summed E-state index contributed by atoms with van der Waals surface area (Å²) in [5.41, 5.74) is 0.704. The molecule has 0 N–H and O–H groups in total. The maximum Gasteiger partial charge on any atom is 0.419 e. The van der Waals surface area contributed by atoms with Crippen molar-refractivity contribution in [2.45, 2.75) is 43.4 Å². The van der Waals surface area contributed by atoms with Crippen molar-refractivity contribution in [1.82, 2.24) is 9.29 Å². The number of piperazine rings is 1. The Bertz CT molecular complexity index is 1140. The van der Waals surface area contributed by atoms with Crippen molar-refractivity contribution in [1.29, 1.82) is 0 Å². The van der Waals surface area contributed by atoms with Crippen molar-refractivity contribution in [3.05, 3.63) is 58.3 Å². The van der Waals surface area contributed by atoms with Gasteiger partial charge in [-0.1, -0.05) is 35.9 Å². The SMILES string of the molecule is C[C@@H]1CN(c2cc(Cl)c(C(F)(F)F)cn2)C[C@H](C)N1S(=O)(=O)c1cccc2c1C=CC2. The lowest BCUT2D eigenvalue weighted by atomic mass is 10.1. The number of nitrogens with zero attached hydrogens (tertiary/aromatic N) is 3. The van der Waals surface area contributed by atoms with Crippen molar-refractivity contribution in [2.24, 2.45) is 0 Å². The molecule has 2 atom stereocenters. The lowest BCUT2D eigenvalue weighted by Crippen LogP contribution is -2.58. The van der Waals surface area contributed by atoms with Crippen molar-refractivity contribution in [2.75, 3.05) is 18.0 Å². The summed E-state index contributed by atoms with van der Waals surface area (Å²) in [5, 5.41) is -0.431. The van der Waals surface area contributed by atoms with Crippen molar-refractivity contribution < 1.29 is 21.6 Å². The van der Waals surface area contributed by atoms with Gasteiger partial charge in [0.1, 0.15) is 5.82 Å². The predicted octanol–water partition coefficient (Wildman–Crippen LogP) is 4.61. The minimum absolute atomic E-state index is 0.279. The summed E-state index contributed by atoms with van der Waals surface area (Å²) >= 11 is 5.84. The van der Waals surface area contributed by atoms with E-state index in [0.29, 0.717) is 6.42 Å². The Morgan fingerprint density at radius 1 is 1.16 bits per heavy atom. The summed E-state index contributed by atoms with van der Waals surface area (Å²) < 4.78 is 67.5. The summed E-state index contributed by atoms with van der Waals surface area (Å²) in [6.07, 6.45) is 0.616. The van der Waals surface area contributed by atoms with Gasteiger partial charge in [0.25, 0.3) is 0 Å².